The summed E-state index contributed by atoms with van der Waals surface area (Å²) >= 11 is 0. The maximum absolute atomic E-state index is 12.7. The highest BCUT2D eigenvalue weighted by Gasteiger charge is 2.32. The topological polar surface area (TPSA) is 12.0 Å². The number of benzene rings is 1. The summed E-state index contributed by atoms with van der Waals surface area (Å²) in [6, 6.07) is 5.72. The summed E-state index contributed by atoms with van der Waals surface area (Å²) in [6.45, 7) is 5.23. The Bertz CT molecular complexity index is 360. The Morgan fingerprint density at radius 1 is 1.22 bits per heavy atom. The van der Waals surface area contributed by atoms with Crippen molar-refractivity contribution in [2.75, 3.05) is 6.54 Å². The molecule has 1 atom stereocenters. The van der Waals surface area contributed by atoms with E-state index in [1.807, 2.05) is 0 Å². The summed E-state index contributed by atoms with van der Waals surface area (Å²) in [7, 11) is 0. The SMILES string of the molecule is CCCC(C)CNCc1ccccc1C(F)(F)F. The van der Waals surface area contributed by atoms with E-state index >= 15 is 0 Å². The van der Waals surface area contributed by atoms with Gasteiger partial charge in [-0.05, 0) is 30.5 Å². The fourth-order valence-electron chi connectivity index (χ4n) is 2.00. The normalized spacial score (nSPS) is 13.6. The lowest BCUT2D eigenvalue weighted by Gasteiger charge is -2.15. The van der Waals surface area contributed by atoms with E-state index in [0.29, 0.717) is 11.5 Å². The molecule has 0 spiro atoms. The minimum Gasteiger partial charge on any atom is -0.312 e. The summed E-state index contributed by atoms with van der Waals surface area (Å²) < 4.78 is 38.2. The van der Waals surface area contributed by atoms with E-state index in [-0.39, 0.29) is 6.54 Å². The fraction of sp³-hybridized carbons (Fsp3) is 0.571. The maximum atomic E-state index is 12.7. The zero-order valence-electron chi connectivity index (χ0n) is 10.8. The predicted octanol–water partition coefficient (Wildman–Crippen LogP) is 4.23. The molecule has 1 aromatic carbocycles. The van der Waals surface area contributed by atoms with Crippen LogP contribution in [0.5, 0.6) is 0 Å². The fourth-order valence-corrected chi connectivity index (χ4v) is 2.00. The Kier molecular flexibility index (Phi) is 5.66. The van der Waals surface area contributed by atoms with Gasteiger partial charge in [-0.3, -0.25) is 0 Å². The van der Waals surface area contributed by atoms with Crippen LogP contribution in [0.4, 0.5) is 13.2 Å². The minimum absolute atomic E-state index is 0.268. The molecule has 1 unspecified atom stereocenters. The zero-order chi connectivity index (χ0) is 13.6. The highest BCUT2D eigenvalue weighted by atomic mass is 19.4. The predicted molar refractivity (Wildman–Crippen MR) is 67.2 cm³/mol. The minimum atomic E-state index is -4.27. The smallest absolute Gasteiger partial charge is 0.312 e. The molecule has 0 heterocycles. The van der Waals surface area contributed by atoms with Crippen LogP contribution in [0.3, 0.4) is 0 Å². The highest BCUT2D eigenvalue weighted by Crippen LogP contribution is 2.31. The lowest BCUT2D eigenvalue weighted by molar-refractivity contribution is -0.138. The molecule has 0 saturated carbocycles. The van der Waals surface area contributed by atoms with Crippen LogP contribution in [0.25, 0.3) is 0 Å². The number of halogens is 3. The molecule has 102 valence electrons. The molecule has 4 heteroatoms. The van der Waals surface area contributed by atoms with E-state index < -0.39 is 11.7 Å². The summed E-state index contributed by atoms with van der Waals surface area (Å²) in [5.41, 5.74) is -0.227. The molecule has 0 radical (unpaired) electrons. The first-order chi connectivity index (χ1) is 8.45. The molecule has 18 heavy (non-hydrogen) atoms. The second-order valence-corrected chi connectivity index (χ2v) is 4.68. The van der Waals surface area contributed by atoms with Gasteiger partial charge in [0.25, 0.3) is 0 Å². The van der Waals surface area contributed by atoms with Gasteiger partial charge in [0.05, 0.1) is 5.56 Å². The average Bonchev–Trinajstić information content (AvgIpc) is 2.28. The van der Waals surface area contributed by atoms with Crippen LogP contribution in [0.15, 0.2) is 24.3 Å². The highest BCUT2D eigenvalue weighted by molar-refractivity contribution is 5.29. The quantitative estimate of drug-likeness (QED) is 0.806. The van der Waals surface area contributed by atoms with Crippen LogP contribution in [-0.4, -0.2) is 6.54 Å². The monoisotopic (exact) mass is 259 g/mol. The number of nitrogens with one attached hydrogen (secondary N) is 1. The number of rotatable bonds is 6. The second-order valence-electron chi connectivity index (χ2n) is 4.68. The first-order valence-electron chi connectivity index (χ1n) is 6.31. The van der Waals surface area contributed by atoms with Gasteiger partial charge in [0, 0.05) is 6.54 Å². The molecule has 0 aliphatic rings. The van der Waals surface area contributed by atoms with Gasteiger partial charge in [0.1, 0.15) is 0 Å². The number of hydrogen-bond donors (Lipinski definition) is 1. The molecule has 0 aliphatic carbocycles. The third-order valence-corrected chi connectivity index (χ3v) is 2.91. The molecule has 0 amide bonds. The van der Waals surface area contributed by atoms with Gasteiger partial charge < -0.3 is 5.32 Å². The third kappa shape index (κ3) is 4.69. The molecule has 0 aliphatic heterocycles. The Morgan fingerprint density at radius 2 is 1.89 bits per heavy atom. The summed E-state index contributed by atoms with van der Waals surface area (Å²) in [5, 5.41) is 3.10. The standard InChI is InChI=1S/C14H20F3N/c1-3-6-11(2)9-18-10-12-7-4-5-8-13(12)14(15,16)17/h4-5,7-8,11,18H,3,6,9-10H2,1-2H3. The van der Waals surface area contributed by atoms with Crippen molar-refractivity contribution in [3.8, 4) is 0 Å². The Morgan fingerprint density at radius 3 is 2.50 bits per heavy atom. The van der Waals surface area contributed by atoms with Gasteiger partial charge in [-0.15, -0.1) is 0 Å². The van der Waals surface area contributed by atoms with E-state index in [4.69, 9.17) is 0 Å². The van der Waals surface area contributed by atoms with Gasteiger partial charge in [-0.1, -0.05) is 38.5 Å². The van der Waals surface area contributed by atoms with Gasteiger partial charge in [0.15, 0.2) is 0 Å². The van der Waals surface area contributed by atoms with Crippen LogP contribution < -0.4 is 5.32 Å². The average molecular weight is 259 g/mol. The molecular formula is C14H20F3N. The van der Waals surface area contributed by atoms with E-state index in [1.165, 1.54) is 12.1 Å². The van der Waals surface area contributed by atoms with Crippen LogP contribution in [0.2, 0.25) is 0 Å². The zero-order valence-corrected chi connectivity index (χ0v) is 10.8. The van der Waals surface area contributed by atoms with Crippen molar-refractivity contribution in [1.29, 1.82) is 0 Å². The van der Waals surface area contributed by atoms with Crippen molar-refractivity contribution in [2.45, 2.75) is 39.4 Å². The molecule has 1 nitrogen and oxygen atoms in total. The van der Waals surface area contributed by atoms with Gasteiger partial charge in [-0.25, -0.2) is 0 Å². The maximum Gasteiger partial charge on any atom is 0.416 e. The van der Waals surface area contributed by atoms with Crippen LogP contribution in [0, 0.1) is 5.92 Å². The summed E-state index contributed by atoms with van der Waals surface area (Å²) in [4.78, 5) is 0. The molecule has 1 aromatic rings. The van der Waals surface area contributed by atoms with Crippen LogP contribution in [0.1, 0.15) is 37.8 Å². The van der Waals surface area contributed by atoms with Crippen LogP contribution >= 0.6 is 0 Å². The third-order valence-electron chi connectivity index (χ3n) is 2.91. The van der Waals surface area contributed by atoms with E-state index in [1.54, 1.807) is 6.07 Å². The summed E-state index contributed by atoms with van der Waals surface area (Å²) in [6.07, 6.45) is -2.08. The molecular weight excluding hydrogens is 239 g/mol. The van der Waals surface area contributed by atoms with Crippen molar-refractivity contribution in [1.82, 2.24) is 5.32 Å². The number of hydrogen-bond acceptors (Lipinski definition) is 1. The van der Waals surface area contributed by atoms with Crippen LogP contribution in [-0.2, 0) is 12.7 Å². The van der Waals surface area contributed by atoms with Gasteiger partial charge in [-0.2, -0.15) is 13.2 Å². The lowest BCUT2D eigenvalue weighted by Crippen LogP contribution is -2.22. The Labute approximate surface area is 106 Å². The van der Waals surface area contributed by atoms with Crippen molar-refractivity contribution < 1.29 is 13.2 Å². The largest absolute Gasteiger partial charge is 0.416 e. The Hall–Kier alpha value is -1.03. The van der Waals surface area contributed by atoms with Crippen molar-refractivity contribution in [3.63, 3.8) is 0 Å². The second kappa shape index (κ2) is 6.78. The van der Waals surface area contributed by atoms with E-state index in [9.17, 15) is 13.2 Å². The Balaban J connectivity index is 2.57. The van der Waals surface area contributed by atoms with Crippen molar-refractivity contribution in [2.24, 2.45) is 5.92 Å². The van der Waals surface area contributed by atoms with E-state index in [0.717, 1.165) is 25.5 Å². The summed E-state index contributed by atoms with van der Waals surface area (Å²) in [5.74, 6) is 0.494. The molecule has 0 aromatic heterocycles. The van der Waals surface area contributed by atoms with Crippen molar-refractivity contribution >= 4 is 0 Å². The van der Waals surface area contributed by atoms with Gasteiger partial charge in [0.2, 0.25) is 0 Å². The molecule has 1 N–H and O–H groups in total. The van der Waals surface area contributed by atoms with Gasteiger partial charge >= 0.3 is 6.18 Å². The first kappa shape index (κ1) is 15.0. The molecule has 0 fully saturated rings. The molecule has 0 saturated heterocycles. The first-order valence-corrected chi connectivity index (χ1v) is 6.31. The lowest BCUT2D eigenvalue weighted by atomic mass is 10.0. The van der Waals surface area contributed by atoms with Crippen molar-refractivity contribution in [3.05, 3.63) is 35.4 Å². The molecule has 1 rings (SSSR count). The van der Waals surface area contributed by atoms with E-state index in [2.05, 4.69) is 19.2 Å². The molecule has 0 bridgehead atoms. The number of alkyl halides is 3.